The third kappa shape index (κ3) is 4.81. The summed E-state index contributed by atoms with van der Waals surface area (Å²) in [5.41, 5.74) is 0.993. The molecule has 0 saturated carbocycles. The summed E-state index contributed by atoms with van der Waals surface area (Å²) in [5.74, 6) is -0.367. The fourth-order valence-corrected chi connectivity index (χ4v) is 5.31. The number of nitrogens with one attached hydrogen (secondary N) is 1. The highest BCUT2D eigenvalue weighted by molar-refractivity contribution is 9.10. The molecule has 2 N–H and O–H groups in total. The Hall–Kier alpha value is -1.74. The topological polar surface area (TPSA) is 86.7 Å². The van der Waals surface area contributed by atoms with E-state index in [1.165, 1.54) is 16.4 Å². The Kier molecular flexibility index (Phi) is 6.87. The SMILES string of the molecule is O=C(N[C@H](CO)Cc1ccccc1)[C@H]1CCCN1S(=O)(=O)c1ccc(Br)cc1. The summed E-state index contributed by atoms with van der Waals surface area (Å²) < 4.78 is 28.0. The van der Waals surface area contributed by atoms with E-state index in [1.807, 2.05) is 30.3 Å². The monoisotopic (exact) mass is 466 g/mol. The van der Waals surface area contributed by atoms with Crippen LogP contribution in [0.5, 0.6) is 0 Å². The van der Waals surface area contributed by atoms with E-state index in [0.717, 1.165) is 10.0 Å². The van der Waals surface area contributed by atoms with E-state index in [4.69, 9.17) is 0 Å². The Labute approximate surface area is 173 Å². The molecule has 2 aromatic carbocycles. The summed E-state index contributed by atoms with van der Waals surface area (Å²) in [5, 5.41) is 12.5. The van der Waals surface area contributed by atoms with Crippen molar-refractivity contribution in [3.63, 3.8) is 0 Å². The van der Waals surface area contributed by atoms with Gasteiger partial charge in [-0.25, -0.2) is 8.42 Å². The van der Waals surface area contributed by atoms with E-state index in [0.29, 0.717) is 25.8 Å². The Balaban J connectivity index is 1.72. The molecule has 8 heteroatoms. The van der Waals surface area contributed by atoms with Crippen molar-refractivity contribution in [2.75, 3.05) is 13.2 Å². The molecule has 2 atom stereocenters. The molecule has 28 heavy (non-hydrogen) atoms. The zero-order chi connectivity index (χ0) is 20.1. The number of carbonyl (C=O) groups excluding carboxylic acids is 1. The van der Waals surface area contributed by atoms with Crippen LogP contribution in [-0.2, 0) is 21.2 Å². The van der Waals surface area contributed by atoms with Gasteiger partial charge in [-0.1, -0.05) is 46.3 Å². The van der Waals surface area contributed by atoms with Crippen LogP contribution in [0.4, 0.5) is 0 Å². The number of hydrogen-bond donors (Lipinski definition) is 2. The molecular formula is C20H23BrN2O4S. The van der Waals surface area contributed by atoms with Gasteiger partial charge < -0.3 is 10.4 Å². The van der Waals surface area contributed by atoms with Crippen molar-refractivity contribution in [3.8, 4) is 0 Å². The summed E-state index contributed by atoms with van der Waals surface area (Å²) in [6, 6.07) is 14.7. The lowest BCUT2D eigenvalue weighted by Gasteiger charge is -2.25. The summed E-state index contributed by atoms with van der Waals surface area (Å²) in [6.07, 6.45) is 1.57. The number of halogens is 1. The van der Waals surface area contributed by atoms with Crippen LogP contribution in [0, 0.1) is 0 Å². The highest BCUT2D eigenvalue weighted by atomic mass is 79.9. The van der Waals surface area contributed by atoms with Gasteiger partial charge in [0.2, 0.25) is 15.9 Å². The number of amides is 1. The molecule has 1 aliphatic rings. The Morgan fingerprint density at radius 1 is 1.18 bits per heavy atom. The summed E-state index contributed by atoms with van der Waals surface area (Å²) in [4.78, 5) is 13.0. The number of sulfonamides is 1. The van der Waals surface area contributed by atoms with Crippen molar-refractivity contribution in [1.29, 1.82) is 0 Å². The molecule has 3 rings (SSSR count). The van der Waals surface area contributed by atoms with Gasteiger partial charge in [0.25, 0.3) is 0 Å². The number of aliphatic hydroxyl groups is 1. The van der Waals surface area contributed by atoms with Crippen LogP contribution < -0.4 is 5.32 Å². The largest absolute Gasteiger partial charge is 0.394 e. The molecule has 1 fully saturated rings. The molecule has 0 bridgehead atoms. The molecular weight excluding hydrogens is 444 g/mol. The number of benzene rings is 2. The van der Waals surface area contributed by atoms with Gasteiger partial charge in [0.05, 0.1) is 17.5 Å². The van der Waals surface area contributed by atoms with E-state index in [2.05, 4.69) is 21.2 Å². The minimum atomic E-state index is -3.76. The number of carbonyl (C=O) groups is 1. The lowest BCUT2D eigenvalue weighted by atomic mass is 10.1. The first-order valence-electron chi connectivity index (χ1n) is 9.14. The average molecular weight is 467 g/mol. The zero-order valence-electron chi connectivity index (χ0n) is 15.3. The molecule has 6 nitrogen and oxygen atoms in total. The second-order valence-corrected chi connectivity index (χ2v) is 9.61. The normalized spacial score (nSPS) is 18.7. The van der Waals surface area contributed by atoms with Gasteiger partial charge in [-0.3, -0.25) is 4.79 Å². The molecule has 150 valence electrons. The van der Waals surface area contributed by atoms with Crippen molar-refractivity contribution < 1.29 is 18.3 Å². The van der Waals surface area contributed by atoms with Crippen LogP contribution in [0.1, 0.15) is 18.4 Å². The first-order valence-corrected chi connectivity index (χ1v) is 11.4. The number of rotatable bonds is 7. The van der Waals surface area contributed by atoms with Gasteiger partial charge in [0.15, 0.2) is 0 Å². The fraction of sp³-hybridized carbons (Fsp3) is 0.350. The van der Waals surface area contributed by atoms with Gasteiger partial charge >= 0.3 is 0 Å². The van der Waals surface area contributed by atoms with E-state index in [1.54, 1.807) is 12.1 Å². The lowest BCUT2D eigenvalue weighted by Crippen LogP contribution is -2.50. The number of nitrogens with zero attached hydrogens (tertiary/aromatic N) is 1. The first-order chi connectivity index (χ1) is 13.4. The van der Waals surface area contributed by atoms with Gasteiger partial charge in [-0.05, 0) is 49.1 Å². The van der Waals surface area contributed by atoms with Crippen LogP contribution in [0.3, 0.4) is 0 Å². The Morgan fingerprint density at radius 3 is 2.50 bits per heavy atom. The summed E-state index contributed by atoms with van der Waals surface area (Å²) in [6.45, 7) is 0.0891. The van der Waals surface area contributed by atoms with Crippen molar-refractivity contribution >= 4 is 31.9 Å². The van der Waals surface area contributed by atoms with Crippen molar-refractivity contribution in [2.24, 2.45) is 0 Å². The Morgan fingerprint density at radius 2 is 1.86 bits per heavy atom. The molecule has 0 aliphatic carbocycles. The van der Waals surface area contributed by atoms with Gasteiger partial charge in [-0.15, -0.1) is 0 Å². The van der Waals surface area contributed by atoms with E-state index < -0.39 is 22.1 Å². The van der Waals surface area contributed by atoms with Crippen LogP contribution in [0.15, 0.2) is 64.0 Å². The van der Waals surface area contributed by atoms with E-state index in [-0.39, 0.29) is 17.4 Å². The molecule has 0 aromatic heterocycles. The zero-order valence-corrected chi connectivity index (χ0v) is 17.7. The van der Waals surface area contributed by atoms with Crippen LogP contribution in [-0.4, -0.2) is 49.0 Å². The van der Waals surface area contributed by atoms with Crippen molar-refractivity contribution in [1.82, 2.24) is 9.62 Å². The molecule has 1 saturated heterocycles. The smallest absolute Gasteiger partial charge is 0.243 e. The molecule has 0 radical (unpaired) electrons. The molecule has 1 heterocycles. The summed E-state index contributed by atoms with van der Waals surface area (Å²) in [7, 11) is -3.76. The highest BCUT2D eigenvalue weighted by Crippen LogP contribution is 2.27. The predicted octanol–water partition coefficient (Wildman–Crippen LogP) is 2.32. The van der Waals surface area contributed by atoms with Gasteiger partial charge in [0.1, 0.15) is 6.04 Å². The van der Waals surface area contributed by atoms with Crippen molar-refractivity contribution in [2.45, 2.75) is 36.2 Å². The molecule has 0 spiro atoms. The first kappa shape index (κ1) is 21.0. The van der Waals surface area contributed by atoms with Crippen LogP contribution in [0.25, 0.3) is 0 Å². The van der Waals surface area contributed by atoms with Gasteiger partial charge in [-0.2, -0.15) is 4.31 Å². The Bertz CT molecular complexity index is 904. The van der Waals surface area contributed by atoms with Crippen molar-refractivity contribution in [3.05, 3.63) is 64.6 Å². The second-order valence-electron chi connectivity index (χ2n) is 6.81. The fourth-order valence-electron chi connectivity index (χ4n) is 3.39. The molecule has 1 amide bonds. The molecule has 1 aliphatic heterocycles. The minimum absolute atomic E-state index is 0.165. The second kappa shape index (κ2) is 9.17. The number of aliphatic hydroxyl groups excluding tert-OH is 1. The van der Waals surface area contributed by atoms with E-state index >= 15 is 0 Å². The minimum Gasteiger partial charge on any atom is -0.394 e. The van der Waals surface area contributed by atoms with Gasteiger partial charge in [0, 0.05) is 11.0 Å². The predicted molar refractivity (Wildman–Crippen MR) is 110 cm³/mol. The third-order valence-electron chi connectivity index (χ3n) is 4.82. The van der Waals surface area contributed by atoms with Crippen LogP contribution >= 0.6 is 15.9 Å². The molecule has 2 aromatic rings. The third-order valence-corrected chi connectivity index (χ3v) is 7.27. The van der Waals surface area contributed by atoms with Crippen LogP contribution in [0.2, 0.25) is 0 Å². The number of hydrogen-bond acceptors (Lipinski definition) is 4. The average Bonchev–Trinajstić information content (AvgIpc) is 3.19. The maximum atomic E-state index is 13.0. The molecule has 0 unspecified atom stereocenters. The van der Waals surface area contributed by atoms with E-state index in [9.17, 15) is 18.3 Å². The standard InChI is InChI=1S/C20H23BrN2O4S/c21-16-8-10-18(11-9-16)28(26,27)23-12-4-7-19(23)20(25)22-17(14-24)13-15-5-2-1-3-6-15/h1-3,5-6,8-11,17,19,24H,4,7,12-14H2,(H,22,25)/t17-,19+/m0/s1. The lowest BCUT2D eigenvalue weighted by molar-refractivity contribution is -0.125. The summed E-state index contributed by atoms with van der Waals surface area (Å²) >= 11 is 3.30. The highest BCUT2D eigenvalue weighted by Gasteiger charge is 2.39. The maximum absolute atomic E-state index is 13.0. The quantitative estimate of drug-likeness (QED) is 0.655. The maximum Gasteiger partial charge on any atom is 0.243 e.